The van der Waals surface area contributed by atoms with Crippen LogP contribution in [0.25, 0.3) is 0 Å². The topological polar surface area (TPSA) is 76.2 Å². The zero-order valence-corrected chi connectivity index (χ0v) is 12.6. The van der Waals surface area contributed by atoms with Gasteiger partial charge in [-0.1, -0.05) is 34.6 Å². The molecule has 0 aliphatic rings. The molecule has 1 aromatic rings. The first-order valence-corrected chi connectivity index (χ1v) is 6.52. The predicted octanol–water partition coefficient (Wildman–Crippen LogP) is 3.80. The third-order valence-corrected chi connectivity index (χ3v) is 2.81. The highest BCUT2D eigenvalue weighted by molar-refractivity contribution is 5.59. The Bertz CT molecular complexity index is 551. The predicted molar refractivity (Wildman–Crippen MR) is 76.8 cm³/mol. The van der Waals surface area contributed by atoms with Gasteiger partial charge in [-0.15, -0.1) is 0 Å². The van der Waals surface area contributed by atoms with E-state index in [2.05, 4.69) is 0 Å². The van der Waals surface area contributed by atoms with Gasteiger partial charge in [-0.2, -0.15) is 5.26 Å². The number of nitrogens with zero attached hydrogens (tertiary/aromatic N) is 2. The number of nitro groups is 1. The van der Waals surface area contributed by atoms with Crippen LogP contribution in [0.2, 0.25) is 0 Å². The minimum Gasteiger partial charge on any atom is -0.486 e. The van der Waals surface area contributed by atoms with Crippen molar-refractivity contribution < 1.29 is 9.66 Å². The molecule has 0 atom stereocenters. The summed E-state index contributed by atoms with van der Waals surface area (Å²) in [4.78, 5) is 10.7. The average Bonchev–Trinajstić information content (AvgIpc) is 2.33. The van der Waals surface area contributed by atoms with Crippen LogP contribution in [-0.2, 0) is 5.41 Å². The van der Waals surface area contributed by atoms with Gasteiger partial charge in [-0.3, -0.25) is 10.1 Å². The van der Waals surface area contributed by atoms with Gasteiger partial charge >= 0.3 is 5.69 Å². The molecule has 1 rings (SSSR count). The Morgan fingerprint density at radius 2 is 2.00 bits per heavy atom. The summed E-state index contributed by atoms with van der Waals surface area (Å²) in [6, 6.07) is 5.16. The van der Waals surface area contributed by atoms with Crippen molar-refractivity contribution in [1.82, 2.24) is 0 Å². The van der Waals surface area contributed by atoms with E-state index in [9.17, 15) is 15.4 Å². The summed E-state index contributed by atoms with van der Waals surface area (Å²) in [5, 5.41) is 20.5. The molecule has 0 fully saturated rings. The second-order valence-corrected chi connectivity index (χ2v) is 6.20. The first kappa shape index (κ1) is 16.0. The summed E-state index contributed by atoms with van der Waals surface area (Å²) in [5.41, 5.74) is 0.546. The molecule has 108 valence electrons. The molecule has 0 N–H and O–H groups in total. The van der Waals surface area contributed by atoms with Crippen LogP contribution in [0, 0.1) is 27.4 Å². The van der Waals surface area contributed by atoms with Crippen molar-refractivity contribution in [2.75, 3.05) is 6.61 Å². The van der Waals surface area contributed by atoms with Crippen molar-refractivity contribution in [2.45, 2.75) is 40.0 Å². The number of rotatable bonds is 4. The van der Waals surface area contributed by atoms with Crippen LogP contribution in [0.4, 0.5) is 5.69 Å². The van der Waals surface area contributed by atoms with Crippen LogP contribution in [-0.4, -0.2) is 11.5 Å². The Morgan fingerprint density at radius 1 is 1.40 bits per heavy atom. The Labute approximate surface area is 119 Å². The largest absolute Gasteiger partial charge is 0.486 e. The summed E-state index contributed by atoms with van der Waals surface area (Å²) in [6.07, 6.45) is 0. The van der Waals surface area contributed by atoms with Crippen molar-refractivity contribution in [3.05, 3.63) is 33.4 Å². The first-order chi connectivity index (χ1) is 9.16. The van der Waals surface area contributed by atoms with E-state index >= 15 is 0 Å². The third-order valence-electron chi connectivity index (χ3n) is 2.81. The highest BCUT2D eigenvalue weighted by atomic mass is 16.6. The van der Waals surface area contributed by atoms with Gasteiger partial charge in [0.1, 0.15) is 11.6 Å². The quantitative estimate of drug-likeness (QED) is 0.619. The highest BCUT2D eigenvalue weighted by Gasteiger charge is 2.25. The maximum atomic E-state index is 11.2. The number of hydrogen-bond donors (Lipinski definition) is 0. The van der Waals surface area contributed by atoms with Crippen molar-refractivity contribution in [1.29, 1.82) is 5.26 Å². The zero-order valence-electron chi connectivity index (χ0n) is 12.6. The maximum Gasteiger partial charge on any atom is 0.312 e. The molecular weight excluding hydrogens is 256 g/mol. The molecule has 1 aromatic carbocycles. The first-order valence-electron chi connectivity index (χ1n) is 6.52. The van der Waals surface area contributed by atoms with E-state index in [-0.39, 0.29) is 28.3 Å². The van der Waals surface area contributed by atoms with Crippen LogP contribution in [0.15, 0.2) is 12.1 Å². The molecule has 0 aliphatic carbocycles. The minimum atomic E-state index is -0.494. The van der Waals surface area contributed by atoms with Crippen LogP contribution in [0.3, 0.4) is 0 Å². The fourth-order valence-corrected chi connectivity index (χ4v) is 1.67. The van der Waals surface area contributed by atoms with E-state index in [0.29, 0.717) is 6.61 Å². The van der Waals surface area contributed by atoms with Crippen LogP contribution in [0.5, 0.6) is 5.75 Å². The maximum absolute atomic E-state index is 11.2. The molecule has 5 nitrogen and oxygen atoms in total. The van der Waals surface area contributed by atoms with Gasteiger partial charge < -0.3 is 4.74 Å². The van der Waals surface area contributed by atoms with E-state index < -0.39 is 4.92 Å². The number of hydrogen-bond acceptors (Lipinski definition) is 4. The minimum absolute atomic E-state index is 0.0687. The Kier molecular flexibility index (Phi) is 4.72. The molecule has 0 spiro atoms. The van der Waals surface area contributed by atoms with Crippen molar-refractivity contribution in [2.24, 2.45) is 5.92 Å². The molecule has 0 unspecified atom stereocenters. The van der Waals surface area contributed by atoms with Gasteiger partial charge in [-0.25, -0.2) is 0 Å². The van der Waals surface area contributed by atoms with Gasteiger partial charge in [0, 0.05) is 6.07 Å². The third kappa shape index (κ3) is 3.70. The lowest BCUT2D eigenvalue weighted by Crippen LogP contribution is -2.14. The molecule has 20 heavy (non-hydrogen) atoms. The Balaban J connectivity index is 3.42. The van der Waals surface area contributed by atoms with E-state index in [1.54, 1.807) is 6.07 Å². The monoisotopic (exact) mass is 276 g/mol. The second kappa shape index (κ2) is 5.91. The molecule has 0 radical (unpaired) electrons. The molecule has 0 heterocycles. The van der Waals surface area contributed by atoms with Crippen LogP contribution in [0.1, 0.15) is 45.7 Å². The molecule has 0 aliphatic heterocycles. The second-order valence-electron chi connectivity index (χ2n) is 6.20. The summed E-state index contributed by atoms with van der Waals surface area (Å²) in [7, 11) is 0. The molecule has 5 heteroatoms. The van der Waals surface area contributed by atoms with Gasteiger partial charge in [-0.05, 0) is 23.0 Å². The van der Waals surface area contributed by atoms with Gasteiger partial charge in [0.2, 0.25) is 5.75 Å². The van der Waals surface area contributed by atoms with Gasteiger partial charge in [0.15, 0.2) is 0 Å². The fourth-order valence-electron chi connectivity index (χ4n) is 1.67. The molecule has 0 aromatic heterocycles. The Morgan fingerprint density at radius 3 is 2.40 bits per heavy atom. The summed E-state index contributed by atoms with van der Waals surface area (Å²) in [5.74, 6) is 0.294. The SMILES string of the molecule is CC(C)COc1c(C#N)cc(C(C)(C)C)cc1[N+](=O)[O-]. The summed E-state index contributed by atoms with van der Waals surface area (Å²) in [6.45, 7) is 10.1. The van der Waals surface area contributed by atoms with Crippen LogP contribution < -0.4 is 4.74 Å². The molecule has 0 bridgehead atoms. The number of benzene rings is 1. The molecule has 0 amide bonds. The number of nitro benzene ring substituents is 1. The van der Waals surface area contributed by atoms with E-state index in [4.69, 9.17) is 4.74 Å². The summed E-state index contributed by atoms with van der Waals surface area (Å²) < 4.78 is 5.49. The lowest BCUT2D eigenvalue weighted by atomic mass is 9.85. The highest BCUT2D eigenvalue weighted by Crippen LogP contribution is 2.36. The van der Waals surface area contributed by atoms with E-state index in [1.165, 1.54) is 6.07 Å². The smallest absolute Gasteiger partial charge is 0.312 e. The number of nitriles is 1. The van der Waals surface area contributed by atoms with E-state index in [0.717, 1.165) is 5.56 Å². The summed E-state index contributed by atoms with van der Waals surface area (Å²) >= 11 is 0. The van der Waals surface area contributed by atoms with Crippen molar-refractivity contribution >= 4 is 5.69 Å². The zero-order chi connectivity index (χ0) is 15.5. The Hall–Kier alpha value is -2.09. The lowest BCUT2D eigenvalue weighted by Gasteiger charge is -2.20. The lowest BCUT2D eigenvalue weighted by molar-refractivity contribution is -0.386. The molecule has 0 saturated carbocycles. The van der Waals surface area contributed by atoms with Gasteiger partial charge in [0.25, 0.3) is 0 Å². The normalized spacial score (nSPS) is 11.2. The average molecular weight is 276 g/mol. The van der Waals surface area contributed by atoms with Crippen molar-refractivity contribution in [3.8, 4) is 11.8 Å². The fraction of sp³-hybridized carbons (Fsp3) is 0.533. The van der Waals surface area contributed by atoms with E-state index in [1.807, 2.05) is 40.7 Å². The van der Waals surface area contributed by atoms with Gasteiger partial charge in [0.05, 0.1) is 11.5 Å². The number of ether oxygens (including phenoxy) is 1. The standard InChI is InChI=1S/C15H20N2O3/c1-10(2)9-20-14-11(8-16)6-12(15(3,4)5)7-13(14)17(18)19/h6-7,10H,9H2,1-5H3. The van der Waals surface area contributed by atoms with Crippen molar-refractivity contribution in [3.63, 3.8) is 0 Å². The molecular formula is C15H20N2O3. The molecule has 0 saturated heterocycles. The van der Waals surface area contributed by atoms with Crippen LogP contribution >= 0.6 is 0 Å².